The lowest BCUT2D eigenvalue weighted by Crippen LogP contribution is -2.17. The van der Waals surface area contributed by atoms with Crippen LogP contribution in [0.1, 0.15) is 60.6 Å². The van der Waals surface area contributed by atoms with Gasteiger partial charge in [0.05, 0.1) is 19.3 Å². The highest BCUT2D eigenvalue weighted by Crippen LogP contribution is 2.44. The zero-order valence-electron chi connectivity index (χ0n) is 27.0. The standard InChI is InChI=1S/C22H22FNO3.C8H9FO.C4H10O.CH4O/c1-13-10-20-17(5-7-24(20)12-26)21(15(13)6-8-25)18-11-19(23)22-16(14(18)2)4-3-9-27-22;1-6-3-4-7(10-2)5-8(6)9;1-4(2,3)5;1-2/h8,10-12H,3-7,9H2,1-2H3;3-5H,1-2H3;5H,1-3H3;2H,1H3. The van der Waals surface area contributed by atoms with Crippen LogP contribution in [0.5, 0.6) is 11.5 Å². The second kappa shape index (κ2) is 16.3. The average molecular weight is 614 g/mol. The number of anilines is 1. The molecule has 2 aliphatic heterocycles. The number of aliphatic hydroxyl groups is 2. The van der Waals surface area contributed by atoms with E-state index >= 15 is 0 Å². The number of hydrogen-bond donors (Lipinski definition) is 2. The molecule has 0 spiro atoms. The number of carbonyl (C=O) groups excluding carboxylic acids is 2. The van der Waals surface area contributed by atoms with E-state index in [2.05, 4.69) is 0 Å². The van der Waals surface area contributed by atoms with Gasteiger partial charge in [-0.2, -0.15) is 0 Å². The van der Waals surface area contributed by atoms with E-state index < -0.39 is 5.60 Å². The van der Waals surface area contributed by atoms with E-state index in [4.69, 9.17) is 19.7 Å². The molecule has 0 fully saturated rings. The molecule has 5 rings (SSSR count). The lowest BCUT2D eigenvalue weighted by molar-refractivity contribution is -0.108. The number of halogens is 2. The maximum absolute atomic E-state index is 14.8. The summed E-state index contributed by atoms with van der Waals surface area (Å²) in [6.45, 7) is 12.0. The molecule has 2 aliphatic rings. The molecule has 3 aromatic carbocycles. The Bertz CT molecular complexity index is 1440. The Morgan fingerprint density at radius 2 is 1.64 bits per heavy atom. The van der Waals surface area contributed by atoms with Crippen molar-refractivity contribution in [3.63, 3.8) is 0 Å². The summed E-state index contributed by atoms with van der Waals surface area (Å²) in [7, 11) is 2.52. The van der Waals surface area contributed by atoms with Crippen LogP contribution >= 0.6 is 0 Å². The molecule has 2 heterocycles. The van der Waals surface area contributed by atoms with Crippen molar-refractivity contribution in [2.24, 2.45) is 0 Å². The third-order valence-electron chi connectivity index (χ3n) is 7.15. The van der Waals surface area contributed by atoms with Crippen LogP contribution in [-0.4, -0.2) is 55.9 Å². The van der Waals surface area contributed by atoms with E-state index in [0.717, 1.165) is 77.3 Å². The molecule has 0 bridgehead atoms. The molecule has 0 aromatic heterocycles. The van der Waals surface area contributed by atoms with Gasteiger partial charge in [-0.3, -0.25) is 4.79 Å². The van der Waals surface area contributed by atoms with Crippen LogP contribution in [-0.2, 0) is 28.9 Å². The SMILES string of the molecule is CC(C)(C)O.CO.COc1ccc(C)c(F)c1.Cc1cc2c(c(-c3cc(F)c4c(c3C)CCCO4)c1CC=O)CCN2C=O. The van der Waals surface area contributed by atoms with Gasteiger partial charge in [0.2, 0.25) is 6.41 Å². The molecule has 44 heavy (non-hydrogen) atoms. The molecule has 0 aliphatic carbocycles. The first-order chi connectivity index (χ1) is 20.8. The van der Waals surface area contributed by atoms with E-state index in [0.29, 0.717) is 36.6 Å². The van der Waals surface area contributed by atoms with Crippen molar-refractivity contribution in [2.45, 2.75) is 72.8 Å². The number of aryl methyl sites for hydroxylation is 2. The van der Waals surface area contributed by atoms with Crippen molar-refractivity contribution in [1.29, 1.82) is 0 Å². The number of hydrogen-bond acceptors (Lipinski definition) is 6. The summed E-state index contributed by atoms with van der Waals surface area (Å²) in [4.78, 5) is 24.5. The number of fused-ring (bicyclic) bond motifs is 2. The minimum atomic E-state index is -0.500. The number of carbonyl (C=O) groups is 2. The van der Waals surface area contributed by atoms with Crippen molar-refractivity contribution in [2.75, 3.05) is 32.3 Å². The van der Waals surface area contributed by atoms with Gasteiger partial charge in [-0.25, -0.2) is 8.78 Å². The molecule has 0 unspecified atom stereocenters. The number of ether oxygens (including phenoxy) is 2. The van der Waals surface area contributed by atoms with Crippen LogP contribution < -0.4 is 14.4 Å². The highest BCUT2D eigenvalue weighted by molar-refractivity contribution is 5.89. The Labute approximate surface area is 259 Å². The zero-order valence-corrected chi connectivity index (χ0v) is 27.0. The van der Waals surface area contributed by atoms with E-state index in [9.17, 15) is 18.4 Å². The monoisotopic (exact) mass is 613 g/mol. The van der Waals surface area contributed by atoms with E-state index in [1.54, 1.807) is 44.7 Å². The molecule has 9 heteroatoms. The zero-order chi connectivity index (χ0) is 33.2. The minimum Gasteiger partial charge on any atom is -0.497 e. The molecule has 0 radical (unpaired) electrons. The van der Waals surface area contributed by atoms with E-state index in [1.807, 2.05) is 19.9 Å². The van der Waals surface area contributed by atoms with Gasteiger partial charge in [-0.15, -0.1) is 0 Å². The molecule has 0 saturated carbocycles. The Morgan fingerprint density at radius 1 is 0.977 bits per heavy atom. The summed E-state index contributed by atoms with van der Waals surface area (Å²) >= 11 is 0. The number of nitrogens with zero attached hydrogens (tertiary/aromatic N) is 1. The lowest BCUT2D eigenvalue weighted by Gasteiger charge is -2.25. The van der Waals surface area contributed by atoms with Crippen LogP contribution in [0.3, 0.4) is 0 Å². The number of amides is 1. The van der Waals surface area contributed by atoms with Gasteiger partial charge in [0, 0.05) is 37.4 Å². The molecular formula is C35H45F2NO6. The second-order valence-corrected chi connectivity index (χ2v) is 11.5. The van der Waals surface area contributed by atoms with Crippen molar-refractivity contribution in [3.05, 3.63) is 75.3 Å². The molecule has 240 valence electrons. The first kappa shape index (κ1) is 36.4. The normalized spacial score (nSPS) is 13.0. The maximum Gasteiger partial charge on any atom is 0.214 e. The first-order valence-corrected chi connectivity index (χ1v) is 14.5. The van der Waals surface area contributed by atoms with Gasteiger partial charge >= 0.3 is 0 Å². The van der Waals surface area contributed by atoms with Crippen LogP contribution in [0.4, 0.5) is 14.5 Å². The summed E-state index contributed by atoms with van der Waals surface area (Å²) in [6.07, 6.45) is 4.33. The third kappa shape index (κ3) is 9.09. The van der Waals surface area contributed by atoms with Crippen LogP contribution in [0.2, 0.25) is 0 Å². The third-order valence-corrected chi connectivity index (χ3v) is 7.15. The smallest absolute Gasteiger partial charge is 0.214 e. The van der Waals surface area contributed by atoms with Gasteiger partial charge in [-0.05, 0) is 118 Å². The van der Waals surface area contributed by atoms with Crippen LogP contribution in [0.25, 0.3) is 11.1 Å². The second-order valence-electron chi connectivity index (χ2n) is 11.5. The Kier molecular flexibility index (Phi) is 13.5. The number of aldehydes is 1. The number of aliphatic hydroxyl groups excluding tert-OH is 1. The number of methoxy groups -OCH3 is 1. The molecule has 2 N–H and O–H groups in total. The first-order valence-electron chi connectivity index (χ1n) is 14.5. The van der Waals surface area contributed by atoms with Gasteiger partial charge in [-0.1, -0.05) is 6.07 Å². The fourth-order valence-electron chi connectivity index (χ4n) is 5.15. The Hall–Kier alpha value is -3.82. The van der Waals surface area contributed by atoms with Gasteiger partial charge < -0.3 is 29.4 Å². The highest BCUT2D eigenvalue weighted by Gasteiger charge is 2.29. The number of rotatable bonds is 5. The molecule has 7 nitrogen and oxygen atoms in total. The van der Waals surface area contributed by atoms with Crippen molar-refractivity contribution >= 4 is 18.4 Å². The van der Waals surface area contributed by atoms with Crippen LogP contribution in [0.15, 0.2) is 30.3 Å². The summed E-state index contributed by atoms with van der Waals surface area (Å²) < 4.78 is 37.9. The quantitative estimate of drug-likeness (QED) is 0.332. The summed E-state index contributed by atoms with van der Waals surface area (Å²) in [5.41, 5.74) is 7.50. The van der Waals surface area contributed by atoms with E-state index in [-0.39, 0.29) is 18.1 Å². The highest BCUT2D eigenvalue weighted by atomic mass is 19.1. The Morgan fingerprint density at radius 3 is 2.20 bits per heavy atom. The van der Waals surface area contributed by atoms with Crippen LogP contribution in [0, 0.1) is 32.4 Å². The number of benzene rings is 3. The average Bonchev–Trinajstić information content (AvgIpc) is 3.40. The molecular weight excluding hydrogens is 568 g/mol. The minimum absolute atomic E-state index is 0.223. The summed E-state index contributed by atoms with van der Waals surface area (Å²) in [5, 5.41) is 15.5. The Balaban J connectivity index is 0.000000328. The van der Waals surface area contributed by atoms with Gasteiger partial charge in [0.15, 0.2) is 11.6 Å². The van der Waals surface area contributed by atoms with Crippen molar-refractivity contribution < 1.29 is 38.1 Å². The lowest BCUT2D eigenvalue weighted by atomic mass is 9.84. The van der Waals surface area contributed by atoms with Gasteiger partial charge in [0.1, 0.15) is 17.9 Å². The van der Waals surface area contributed by atoms with Gasteiger partial charge in [0.25, 0.3) is 0 Å². The molecule has 1 amide bonds. The predicted molar refractivity (Wildman–Crippen MR) is 170 cm³/mol. The molecule has 0 saturated heterocycles. The maximum atomic E-state index is 14.8. The summed E-state index contributed by atoms with van der Waals surface area (Å²) in [5.74, 6) is 0.337. The fraction of sp³-hybridized carbons (Fsp3) is 0.429. The largest absolute Gasteiger partial charge is 0.497 e. The topological polar surface area (TPSA) is 96.3 Å². The van der Waals surface area contributed by atoms with Crippen molar-refractivity contribution in [3.8, 4) is 22.6 Å². The molecule has 0 atom stereocenters. The molecule has 3 aromatic rings. The predicted octanol–water partition coefficient (Wildman–Crippen LogP) is 6.22. The summed E-state index contributed by atoms with van der Waals surface area (Å²) in [6, 6.07) is 8.29. The van der Waals surface area contributed by atoms with Crippen molar-refractivity contribution in [1.82, 2.24) is 0 Å². The van der Waals surface area contributed by atoms with E-state index in [1.165, 1.54) is 19.2 Å². The fourth-order valence-corrected chi connectivity index (χ4v) is 5.15.